The second kappa shape index (κ2) is 6.90. The van der Waals surface area contributed by atoms with Crippen molar-refractivity contribution in [3.05, 3.63) is 23.3 Å². The molecule has 138 valence electrons. The van der Waals surface area contributed by atoms with Gasteiger partial charge in [0.1, 0.15) is 6.61 Å². The Morgan fingerprint density at radius 1 is 1.44 bits per heavy atom. The minimum atomic E-state index is -2.05. The van der Waals surface area contributed by atoms with Crippen LogP contribution in [0, 0.1) is 5.92 Å². The molecule has 0 spiro atoms. The van der Waals surface area contributed by atoms with Crippen molar-refractivity contribution in [2.75, 3.05) is 26.3 Å². The summed E-state index contributed by atoms with van der Waals surface area (Å²) in [5, 5.41) is 20.2. The van der Waals surface area contributed by atoms with Crippen LogP contribution in [0.3, 0.4) is 0 Å². The fourth-order valence-corrected chi connectivity index (χ4v) is 4.03. The molecule has 7 nitrogen and oxygen atoms in total. The van der Waals surface area contributed by atoms with Gasteiger partial charge in [0.15, 0.2) is 17.7 Å². The van der Waals surface area contributed by atoms with Crippen LogP contribution in [0.5, 0.6) is 0 Å². The van der Waals surface area contributed by atoms with E-state index in [4.69, 9.17) is 9.47 Å². The summed E-state index contributed by atoms with van der Waals surface area (Å²) in [5.41, 5.74) is -0.743. The summed E-state index contributed by atoms with van der Waals surface area (Å²) in [6, 6.07) is -0.00562. The molecule has 3 heterocycles. The van der Waals surface area contributed by atoms with Crippen molar-refractivity contribution in [2.24, 2.45) is 5.92 Å². The maximum atomic E-state index is 12.6. The molecule has 3 aliphatic heterocycles. The molecule has 0 aromatic rings. The monoisotopic (exact) mass is 352 g/mol. The van der Waals surface area contributed by atoms with Gasteiger partial charge in [-0.05, 0) is 19.4 Å². The molecule has 2 fully saturated rings. The summed E-state index contributed by atoms with van der Waals surface area (Å²) >= 11 is 0. The molecular weight excluding hydrogens is 326 g/mol. The maximum Gasteiger partial charge on any atom is 0.341 e. The quantitative estimate of drug-likeness (QED) is 0.310. The normalized spacial score (nSPS) is 40.6. The van der Waals surface area contributed by atoms with Crippen molar-refractivity contribution in [3.8, 4) is 0 Å². The van der Waals surface area contributed by atoms with Crippen molar-refractivity contribution in [2.45, 2.75) is 44.4 Å². The summed E-state index contributed by atoms with van der Waals surface area (Å²) < 4.78 is 11.1. The number of allylic oxidation sites excluding steroid dienone is 1. The van der Waals surface area contributed by atoms with E-state index in [1.807, 2.05) is 6.08 Å². The number of hydrogen-bond acceptors (Lipinski definition) is 6. The van der Waals surface area contributed by atoms with E-state index in [1.165, 1.54) is 4.90 Å². The van der Waals surface area contributed by atoms with Crippen LogP contribution in [-0.4, -0.2) is 66.2 Å². The van der Waals surface area contributed by atoms with Crippen LogP contribution >= 0.6 is 0 Å². The lowest BCUT2D eigenvalue weighted by Crippen LogP contribution is -3.12. The Kier molecular flexibility index (Phi) is 4.99. The van der Waals surface area contributed by atoms with Gasteiger partial charge in [0.25, 0.3) is 0 Å². The van der Waals surface area contributed by atoms with Gasteiger partial charge in [-0.2, -0.15) is 0 Å². The number of carbonyl (C=O) groups excluding carboxylic acids is 2. The lowest BCUT2D eigenvalue weighted by molar-refractivity contribution is -0.896. The molecule has 1 unspecified atom stereocenters. The van der Waals surface area contributed by atoms with E-state index in [2.05, 4.69) is 0 Å². The molecule has 3 rings (SSSR count). The minimum Gasteiger partial charge on any atom is -0.459 e. The Labute approximate surface area is 146 Å². The highest BCUT2D eigenvalue weighted by Gasteiger charge is 2.49. The fraction of sp³-hybridized carbons (Fsp3) is 0.667. The summed E-state index contributed by atoms with van der Waals surface area (Å²) in [5.74, 6) is -1.96. The fourth-order valence-electron chi connectivity index (χ4n) is 4.03. The Hall–Kier alpha value is -1.70. The van der Waals surface area contributed by atoms with Crippen LogP contribution in [-0.2, 0) is 19.1 Å². The Balaban J connectivity index is 1.93. The summed E-state index contributed by atoms with van der Waals surface area (Å²) in [6.07, 6.45) is 4.33. The highest BCUT2D eigenvalue weighted by Crippen LogP contribution is 2.29. The number of hydrogen-bond donors (Lipinski definition) is 3. The van der Waals surface area contributed by atoms with E-state index in [9.17, 15) is 19.8 Å². The summed E-state index contributed by atoms with van der Waals surface area (Å²) in [7, 11) is 0. The van der Waals surface area contributed by atoms with Crippen LogP contribution in [0.15, 0.2) is 23.3 Å². The van der Waals surface area contributed by atoms with Gasteiger partial charge in [0.05, 0.1) is 19.7 Å². The van der Waals surface area contributed by atoms with Crippen LogP contribution in [0.25, 0.3) is 0 Å². The molecule has 3 N–H and O–H groups in total. The van der Waals surface area contributed by atoms with Crippen molar-refractivity contribution in [1.29, 1.82) is 0 Å². The molecule has 2 saturated heterocycles. The van der Waals surface area contributed by atoms with Crippen molar-refractivity contribution in [3.63, 3.8) is 0 Å². The third-order valence-corrected chi connectivity index (χ3v) is 5.76. The van der Waals surface area contributed by atoms with Crippen molar-refractivity contribution < 1.29 is 34.2 Å². The van der Waals surface area contributed by atoms with Gasteiger partial charge < -0.3 is 24.6 Å². The minimum absolute atomic E-state index is 0.00562. The molecule has 0 aromatic heterocycles. The molecular formula is C18H26NO6+. The van der Waals surface area contributed by atoms with Crippen molar-refractivity contribution in [1.82, 2.24) is 0 Å². The first-order chi connectivity index (χ1) is 11.9. The average Bonchev–Trinajstić information content (AvgIpc) is 3.18. The molecule has 0 radical (unpaired) electrons. The molecule has 0 bridgehead atoms. The van der Waals surface area contributed by atoms with E-state index in [1.54, 1.807) is 19.9 Å². The van der Waals surface area contributed by atoms with Gasteiger partial charge in [0, 0.05) is 23.5 Å². The van der Waals surface area contributed by atoms with Crippen LogP contribution in [0.4, 0.5) is 0 Å². The highest BCUT2D eigenvalue weighted by molar-refractivity contribution is 5.89. The first-order valence-corrected chi connectivity index (χ1v) is 8.80. The number of rotatable bonds is 1. The lowest BCUT2D eigenvalue weighted by atomic mass is 9.84. The van der Waals surface area contributed by atoms with E-state index in [0.29, 0.717) is 5.57 Å². The number of nitrogens with one attached hydrogen (secondary N) is 1. The zero-order chi connectivity index (χ0) is 18.2. The molecule has 0 aromatic carbocycles. The van der Waals surface area contributed by atoms with Crippen molar-refractivity contribution >= 4 is 11.9 Å². The van der Waals surface area contributed by atoms with Gasteiger partial charge in [-0.3, -0.25) is 0 Å². The molecule has 25 heavy (non-hydrogen) atoms. The van der Waals surface area contributed by atoms with Gasteiger partial charge in [-0.1, -0.05) is 13.0 Å². The molecule has 7 heteroatoms. The predicted octanol–water partition coefficient (Wildman–Crippen LogP) is -1.25. The standard InChI is InChI=1S/C18H25NO6/c1-3-12-8-11(2)18(23,10-20)17(22)24-9-13-4-6-19-7-5-14(15(13)19)25-16(12)21/h3-4,11,14-15,20,23H,5-10H2,1-2H3/p+1/b12-3-/t11-,14-,15-,18-/m1/s1. The molecule has 0 amide bonds. The Bertz CT molecular complexity index is 627. The van der Waals surface area contributed by atoms with E-state index < -0.39 is 30.1 Å². The largest absolute Gasteiger partial charge is 0.459 e. The van der Waals surface area contributed by atoms with E-state index in [0.717, 1.165) is 25.1 Å². The van der Waals surface area contributed by atoms with Gasteiger partial charge >= 0.3 is 11.9 Å². The van der Waals surface area contributed by atoms with Gasteiger partial charge in [-0.15, -0.1) is 0 Å². The molecule has 5 atom stereocenters. The number of ether oxygens (including phenoxy) is 2. The van der Waals surface area contributed by atoms with Crippen LogP contribution in [0.2, 0.25) is 0 Å². The molecule has 3 aliphatic rings. The molecule has 0 aliphatic carbocycles. The lowest BCUT2D eigenvalue weighted by Gasteiger charge is -2.31. The third kappa shape index (κ3) is 3.12. The Morgan fingerprint density at radius 3 is 2.88 bits per heavy atom. The van der Waals surface area contributed by atoms with E-state index in [-0.39, 0.29) is 25.2 Å². The molecule has 0 saturated carbocycles. The number of aliphatic hydroxyl groups excluding tert-OH is 1. The van der Waals surface area contributed by atoms with Gasteiger partial charge in [-0.25, -0.2) is 9.59 Å². The third-order valence-electron chi connectivity index (χ3n) is 5.76. The van der Waals surface area contributed by atoms with Crippen LogP contribution in [0.1, 0.15) is 26.7 Å². The maximum absolute atomic E-state index is 12.6. The smallest absolute Gasteiger partial charge is 0.341 e. The second-order valence-electron chi connectivity index (χ2n) is 7.18. The number of aliphatic hydroxyl groups is 2. The summed E-state index contributed by atoms with van der Waals surface area (Å²) in [6.45, 7) is 4.33. The average molecular weight is 352 g/mol. The van der Waals surface area contributed by atoms with Gasteiger partial charge in [0.2, 0.25) is 0 Å². The van der Waals surface area contributed by atoms with E-state index >= 15 is 0 Å². The first kappa shape index (κ1) is 18.1. The topological polar surface area (TPSA) is 97.5 Å². The zero-order valence-electron chi connectivity index (χ0n) is 14.7. The number of carbonyl (C=O) groups is 2. The number of cyclic esters (lactones) is 1. The summed E-state index contributed by atoms with van der Waals surface area (Å²) in [4.78, 5) is 26.3. The number of quaternary nitrogens is 1. The number of esters is 2. The first-order valence-electron chi connectivity index (χ1n) is 8.80. The predicted molar refractivity (Wildman–Crippen MR) is 87.6 cm³/mol. The Morgan fingerprint density at radius 2 is 2.20 bits per heavy atom. The van der Waals surface area contributed by atoms with Crippen LogP contribution < -0.4 is 4.90 Å². The highest BCUT2D eigenvalue weighted by atomic mass is 16.6. The SMILES string of the molecule is C/C=C1/C[C@@H](C)[C@](O)(CO)C(=O)OCC2=CC[NH+]3CC[C@@H](OC1=O)[C@@H]23. The zero-order valence-corrected chi connectivity index (χ0v) is 14.7. The second-order valence-corrected chi connectivity index (χ2v) is 7.18.